The van der Waals surface area contributed by atoms with Gasteiger partial charge in [0.05, 0.1) is 13.7 Å². The highest BCUT2D eigenvalue weighted by molar-refractivity contribution is 5.76. The van der Waals surface area contributed by atoms with Crippen LogP contribution in [0.4, 0.5) is 4.79 Å². The van der Waals surface area contributed by atoms with Crippen molar-refractivity contribution < 1.29 is 23.8 Å². The first kappa shape index (κ1) is 11.7. The van der Waals surface area contributed by atoms with Gasteiger partial charge in [0.2, 0.25) is 0 Å². The number of ether oxygens (including phenoxy) is 3. The zero-order valence-electron chi connectivity index (χ0n) is 8.03. The molecule has 0 aliphatic carbocycles. The summed E-state index contributed by atoms with van der Waals surface area (Å²) in [4.78, 5) is 21.5. The third kappa shape index (κ3) is 5.05. The highest BCUT2D eigenvalue weighted by Gasteiger charge is 2.18. The van der Waals surface area contributed by atoms with E-state index in [1.807, 2.05) is 6.92 Å². The van der Waals surface area contributed by atoms with E-state index >= 15 is 0 Å². The van der Waals surface area contributed by atoms with Crippen molar-refractivity contribution in [3.63, 3.8) is 0 Å². The van der Waals surface area contributed by atoms with E-state index in [0.717, 1.165) is 0 Å². The van der Waals surface area contributed by atoms with E-state index in [-0.39, 0.29) is 6.61 Å². The number of methoxy groups -OCH3 is 1. The Morgan fingerprint density at radius 3 is 2.46 bits per heavy atom. The topological polar surface area (TPSA) is 61.8 Å². The summed E-state index contributed by atoms with van der Waals surface area (Å²) >= 11 is 0. The van der Waals surface area contributed by atoms with Crippen LogP contribution >= 0.6 is 0 Å². The zero-order valence-corrected chi connectivity index (χ0v) is 8.03. The van der Waals surface area contributed by atoms with E-state index in [0.29, 0.717) is 6.42 Å². The molecule has 0 bridgehead atoms. The van der Waals surface area contributed by atoms with E-state index in [4.69, 9.17) is 0 Å². The molecule has 0 spiro atoms. The molecule has 0 rings (SSSR count). The molecule has 0 saturated carbocycles. The normalized spacial score (nSPS) is 11.6. The quantitative estimate of drug-likeness (QED) is 0.621. The van der Waals surface area contributed by atoms with Gasteiger partial charge in [-0.3, -0.25) is 0 Å². The number of hydrogen-bond donors (Lipinski definition) is 0. The summed E-state index contributed by atoms with van der Waals surface area (Å²) in [5.74, 6) is -0.603. The molecule has 1 atom stereocenters. The van der Waals surface area contributed by atoms with Crippen LogP contribution in [-0.2, 0) is 19.0 Å². The van der Waals surface area contributed by atoms with Gasteiger partial charge in [0, 0.05) is 0 Å². The molecule has 1 unspecified atom stereocenters. The van der Waals surface area contributed by atoms with Crippen LogP contribution in [0.15, 0.2) is 0 Å². The first-order valence-corrected chi connectivity index (χ1v) is 4.03. The fraction of sp³-hybridized carbons (Fsp3) is 0.750. The van der Waals surface area contributed by atoms with E-state index in [9.17, 15) is 9.59 Å². The van der Waals surface area contributed by atoms with Crippen LogP contribution < -0.4 is 0 Å². The lowest BCUT2D eigenvalue weighted by molar-refractivity contribution is -0.150. The summed E-state index contributed by atoms with van der Waals surface area (Å²) in [5.41, 5.74) is 0. The Morgan fingerprint density at radius 2 is 2.00 bits per heavy atom. The van der Waals surface area contributed by atoms with E-state index in [1.165, 1.54) is 14.0 Å². The van der Waals surface area contributed by atoms with Crippen LogP contribution in [0.2, 0.25) is 0 Å². The highest BCUT2D eigenvalue weighted by atomic mass is 16.7. The van der Waals surface area contributed by atoms with Crippen LogP contribution in [0.25, 0.3) is 0 Å². The second-order valence-electron chi connectivity index (χ2n) is 2.38. The monoisotopic (exact) mass is 190 g/mol. The molecular formula is C8H14O5. The molecule has 0 amide bonds. The molecule has 0 aliphatic rings. The van der Waals surface area contributed by atoms with Crippen molar-refractivity contribution in [3.05, 3.63) is 0 Å². The summed E-state index contributed by atoms with van der Waals surface area (Å²) in [6.45, 7) is 3.56. The van der Waals surface area contributed by atoms with Gasteiger partial charge in [0.1, 0.15) is 0 Å². The minimum Gasteiger partial charge on any atom is -0.466 e. The molecular weight excluding hydrogens is 176 g/mol. The van der Waals surface area contributed by atoms with E-state index in [1.54, 1.807) is 0 Å². The number of rotatable bonds is 4. The molecule has 0 N–H and O–H groups in total. The van der Waals surface area contributed by atoms with Crippen molar-refractivity contribution in [3.8, 4) is 0 Å². The molecule has 76 valence electrons. The van der Waals surface area contributed by atoms with Crippen molar-refractivity contribution in [2.75, 3.05) is 13.7 Å². The molecule has 0 aromatic carbocycles. The summed E-state index contributed by atoms with van der Waals surface area (Å²) in [6.07, 6.45) is -1.06. The average molecular weight is 190 g/mol. The molecule has 5 heteroatoms. The van der Waals surface area contributed by atoms with Gasteiger partial charge >= 0.3 is 12.1 Å². The van der Waals surface area contributed by atoms with Crippen LogP contribution in [0, 0.1) is 0 Å². The number of carbonyl (C=O) groups excluding carboxylic acids is 2. The molecule has 0 aliphatic heterocycles. The SMILES string of the molecule is CCCOC(=O)OC(C)C(=O)OC. The summed E-state index contributed by atoms with van der Waals surface area (Å²) < 4.78 is 13.5. The second kappa shape index (κ2) is 6.28. The summed E-state index contributed by atoms with van der Waals surface area (Å²) in [6, 6.07) is 0. The minimum atomic E-state index is -0.922. The van der Waals surface area contributed by atoms with Crippen molar-refractivity contribution in [1.82, 2.24) is 0 Å². The lowest BCUT2D eigenvalue weighted by atomic mass is 10.4. The van der Waals surface area contributed by atoms with Crippen LogP contribution in [0.5, 0.6) is 0 Å². The lowest BCUT2D eigenvalue weighted by Crippen LogP contribution is -2.25. The maximum Gasteiger partial charge on any atom is 0.509 e. The standard InChI is InChI=1S/C8H14O5/c1-4-5-12-8(10)13-6(2)7(9)11-3/h6H,4-5H2,1-3H3. The third-order valence-electron chi connectivity index (χ3n) is 1.23. The first-order valence-electron chi connectivity index (χ1n) is 4.03. The Bertz CT molecular complexity index is 177. The molecule has 5 nitrogen and oxygen atoms in total. The molecule has 0 fully saturated rings. The molecule has 13 heavy (non-hydrogen) atoms. The lowest BCUT2D eigenvalue weighted by Gasteiger charge is -2.10. The Hall–Kier alpha value is -1.26. The first-order chi connectivity index (χ1) is 6.11. The fourth-order valence-corrected chi connectivity index (χ4v) is 0.578. The van der Waals surface area contributed by atoms with Crippen molar-refractivity contribution >= 4 is 12.1 Å². The van der Waals surface area contributed by atoms with Gasteiger partial charge in [-0.05, 0) is 13.3 Å². The van der Waals surface area contributed by atoms with Gasteiger partial charge < -0.3 is 14.2 Å². The maximum absolute atomic E-state index is 10.8. The summed E-state index contributed by atoms with van der Waals surface area (Å²) in [7, 11) is 1.22. The largest absolute Gasteiger partial charge is 0.509 e. The summed E-state index contributed by atoms with van der Waals surface area (Å²) in [5, 5.41) is 0. The molecule has 0 saturated heterocycles. The highest BCUT2D eigenvalue weighted by Crippen LogP contribution is 1.97. The number of carbonyl (C=O) groups is 2. The van der Waals surface area contributed by atoms with Crippen LogP contribution in [0.3, 0.4) is 0 Å². The molecule has 0 radical (unpaired) electrons. The van der Waals surface area contributed by atoms with E-state index in [2.05, 4.69) is 14.2 Å². The predicted molar refractivity (Wildman–Crippen MR) is 44.2 cm³/mol. The van der Waals surface area contributed by atoms with Gasteiger partial charge in [0.25, 0.3) is 0 Å². The smallest absolute Gasteiger partial charge is 0.466 e. The zero-order chi connectivity index (χ0) is 10.3. The van der Waals surface area contributed by atoms with Crippen molar-refractivity contribution in [2.24, 2.45) is 0 Å². The van der Waals surface area contributed by atoms with Gasteiger partial charge in [-0.25, -0.2) is 9.59 Å². The predicted octanol–water partition coefficient (Wildman–Crippen LogP) is 1.11. The molecule has 0 aromatic heterocycles. The Kier molecular flexibility index (Phi) is 5.67. The van der Waals surface area contributed by atoms with Gasteiger partial charge in [-0.1, -0.05) is 6.92 Å². The third-order valence-corrected chi connectivity index (χ3v) is 1.23. The Balaban J connectivity index is 3.71. The fourth-order valence-electron chi connectivity index (χ4n) is 0.578. The van der Waals surface area contributed by atoms with Gasteiger partial charge in [-0.15, -0.1) is 0 Å². The Morgan fingerprint density at radius 1 is 1.38 bits per heavy atom. The minimum absolute atomic E-state index is 0.284. The maximum atomic E-state index is 10.8. The number of esters is 1. The van der Waals surface area contributed by atoms with Gasteiger partial charge in [-0.2, -0.15) is 0 Å². The van der Waals surface area contributed by atoms with Crippen molar-refractivity contribution in [2.45, 2.75) is 26.4 Å². The van der Waals surface area contributed by atoms with Crippen LogP contribution in [-0.4, -0.2) is 31.9 Å². The number of hydrogen-bond acceptors (Lipinski definition) is 5. The Labute approximate surface area is 77.0 Å². The average Bonchev–Trinajstić information content (AvgIpc) is 2.13. The van der Waals surface area contributed by atoms with Gasteiger partial charge in [0.15, 0.2) is 6.10 Å². The van der Waals surface area contributed by atoms with Crippen molar-refractivity contribution in [1.29, 1.82) is 0 Å². The van der Waals surface area contributed by atoms with E-state index < -0.39 is 18.2 Å². The molecule has 0 heterocycles. The molecule has 0 aromatic rings. The van der Waals surface area contributed by atoms with Crippen LogP contribution in [0.1, 0.15) is 20.3 Å². The second-order valence-corrected chi connectivity index (χ2v) is 2.38.